The number of nitrogens with zero attached hydrogens (tertiary/aromatic N) is 2. The van der Waals surface area contributed by atoms with Gasteiger partial charge >= 0.3 is 6.18 Å². The van der Waals surface area contributed by atoms with Crippen LogP contribution in [0.5, 0.6) is 0 Å². The number of aliphatic imine (C=N–C) groups is 1. The first-order valence-electron chi connectivity index (χ1n) is 8.86. The molecule has 2 heterocycles. The minimum atomic E-state index is -4.17. The molecule has 0 aromatic carbocycles. The molecule has 9 heteroatoms. The number of halogens is 4. The second-order valence-corrected chi connectivity index (χ2v) is 6.14. The molecule has 0 saturated carbocycles. The van der Waals surface area contributed by atoms with Gasteiger partial charge in [-0.05, 0) is 45.0 Å². The number of piperidine rings is 1. The molecule has 1 aliphatic heterocycles. The molecule has 1 atom stereocenters. The summed E-state index contributed by atoms with van der Waals surface area (Å²) in [5.74, 6) is 1.25. The van der Waals surface area contributed by atoms with Crippen LogP contribution in [0.25, 0.3) is 0 Å². The summed E-state index contributed by atoms with van der Waals surface area (Å²) in [7, 11) is 0. The quantitative estimate of drug-likeness (QED) is 0.347. The highest BCUT2D eigenvalue weighted by molar-refractivity contribution is 14.0. The van der Waals surface area contributed by atoms with Crippen molar-refractivity contribution in [3.63, 3.8) is 0 Å². The molecule has 1 aromatic heterocycles. The average molecular weight is 488 g/mol. The second-order valence-electron chi connectivity index (χ2n) is 6.14. The van der Waals surface area contributed by atoms with Gasteiger partial charge in [0, 0.05) is 13.1 Å². The summed E-state index contributed by atoms with van der Waals surface area (Å²) < 4.78 is 42.5. The molecule has 0 spiro atoms. The second kappa shape index (κ2) is 11.7. The average Bonchev–Trinajstić information content (AvgIpc) is 3.09. The van der Waals surface area contributed by atoms with Crippen LogP contribution in [0.15, 0.2) is 27.8 Å². The van der Waals surface area contributed by atoms with Crippen LogP contribution in [0.1, 0.15) is 44.4 Å². The van der Waals surface area contributed by atoms with Gasteiger partial charge in [0.2, 0.25) is 0 Å². The molecule has 26 heavy (non-hydrogen) atoms. The molecule has 1 saturated heterocycles. The highest BCUT2D eigenvalue weighted by Crippen LogP contribution is 2.25. The van der Waals surface area contributed by atoms with E-state index in [9.17, 15) is 13.2 Å². The van der Waals surface area contributed by atoms with Crippen LogP contribution in [0.3, 0.4) is 0 Å². The van der Waals surface area contributed by atoms with Crippen LogP contribution >= 0.6 is 24.0 Å². The van der Waals surface area contributed by atoms with Crippen LogP contribution in [0.2, 0.25) is 0 Å². The maximum Gasteiger partial charge on any atom is 0.390 e. The first-order chi connectivity index (χ1) is 12.0. The zero-order valence-electron chi connectivity index (χ0n) is 15.0. The van der Waals surface area contributed by atoms with Crippen molar-refractivity contribution in [1.29, 1.82) is 0 Å². The Labute approximate surface area is 169 Å². The highest BCUT2D eigenvalue weighted by Gasteiger charge is 2.27. The third-order valence-electron chi connectivity index (χ3n) is 4.17. The van der Waals surface area contributed by atoms with E-state index < -0.39 is 12.6 Å². The summed E-state index contributed by atoms with van der Waals surface area (Å²) >= 11 is 0. The minimum Gasteiger partial charge on any atom is -0.468 e. The molecule has 0 amide bonds. The molecule has 1 fully saturated rings. The van der Waals surface area contributed by atoms with Crippen LogP contribution in [0.4, 0.5) is 13.2 Å². The molecule has 1 aromatic rings. The molecular weight excluding hydrogens is 460 g/mol. The van der Waals surface area contributed by atoms with Crippen molar-refractivity contribution in [2.24, 2.45) is 4.99 Å². The number of likely N-dealkylation sites (tertiary alicyclic amines) is 1. The van der Waals surface area contributed by atoms with Gasteiger partial charge in [-0.3, -0.25) is 9.89 Å². The summed E-state index contributed by atoms with van der Waals surface area (Å²) in [4.78, 5) is 6.83. The van der Waals surface area contributed by atoms with E-state index in [4.69, 9.17) is 4.42 Å². The van der Waals surface area contributed by atoms with Gasteiger partial charge in [0.15, 0.2) is 5.96 Å². The Kier molecular flexibility index (Phi) is 10.4. The van der Waals surface area contributed by atoms with Crippen molar-refractivity contribution in [2.75, 3.05) is 32.7 Å². The van der Waals surface area contributed by atoms with Gasteiger partial charge < -0.3 is 15.1 Å². The molecule has 0 aliphatic carbocycles. The van der Waals surface area contributed by atoms with Gasteiger partial charge in [0.05, 0.1) is 25.3 Å². The van der Waals surface area contributed by atoms with Gasteiger partial charge in [-0.25, -0.2) is 0 Å². The van der Waals surface area contributed by atoms with Gasteiger partial charge in [0.25, 0.3) is 0 Å². The summed E-state index contributed by atoms with van der Waals surface area (Å²) in [6.07, 6.45) is 0.102. The predicted octanol–water partition coefficient (Wildman–Crippen LogP) is 3.93. The monoisotopic (exact) mass is 488 g/mol. The molecule has 1 unspecified atom stereocenters. The van der Waals surface area contributed by atoms with Crippen molar-refractivity contribution in [2.45, 2.75) is 44.8 Å². The fourth-order valence-corrected chi connectivity index (χ4v) is 2.94. The van der Waals surface area contributed by atoms with Crippen molar-refractivity contribution < 1.29 is 17.6 Å². The molecular formula is C17H28F3IN4O. The summed E-state index contributed by atoms with van der Waals surface area (Å²) in [6, 6.07) is 3.79. The SMILES string of the molecule is CCNC(=NCC(c1ccco1)N1CCCCC1)NCCC(F)(F)F.I. The van der Waals surface area contributed by atoms with E-state index in [2.05, 4.69) is 20.5 Å². The van der Waals surface area contributed by atoms with Crippen molar-refractivity contribution in [3.05, 3.63) is 24.2 Å². The van der Waals surface area contributed by atoms with Gasteiger partial charge in [-0.2, -0.15) is 13.2 Å². The van der Waals surface area contributed by atoms with Crippen molar-refractivity contribution in [1.82, 2.24) is 15.5 Å². The number of guanidine groups is 1. The van der Waals surface area contributed by atoms with E-state index >= 15 is 0 Å². The van der Waals surface area contributed by atoms with E-state index in [1.807, 2.05) is 19.1 Å². The molecule has 150 valence electrons. The summed E-state index contributed by atoms with van der Waals surface area (Å²) in [6.45, 7) is 4.69. The van der Waals surface area contributed by atoms with E-state index in [0.717, 1.165) is 31.7 Å². The molecule has 0 radical (unpaired) electrons. The lowest BCUT2D eigenvalue weighted by Crippen LogP contribution is -2.40. The first kappa shape index (κ1) is 23.1. The normalized spacial score (nSPS) is 17.5. The highest BCUT2D eigenvalue weighted by atomic mass is 127. The Morgan fingerprint density at radius 3 is 2.58 bits per heavy atom. The fraction of sp³-hybridized carbons (Fsp3) is 0.706. The fourth-order valence-electron chi connectivity index (χ4n) is 2.94. The Balaban J connectivity index is 0.00000338. The predicted molar refractivity (Wildman–Crippen MR) is 107 cm³/mol. The Morgan fingerprint density at radius 2 is 2.00 bits per heavy atom. The lowest BCUT2D eigenvalue weighted by molar-refractivity contribution is -0.132. The molecule has 0 bridgehead atoms. The zero-order chi connectivity index (χ0) is 18.1. The zero-order valence-corrected chi connectivity index (χ0v) is 17.3. The number of hydrogen-bond acceptors (Lipinski definition) is 3. The maximum atomic E-state index is 12.3. The molecule has 5 nitrogen and oxygen atoms in total. The van der Waals surface area contributed by atoms with Gasteiger partial charge in [-0.15, -0.1) is 24.0 Å². The number of alkyl halides is 3. The van der Waals surface area contributed by atoms with Crippen LogP contribution in [0, 0.1) is 0 Å². The number of hydrogen-bond donors (Lipinski definition) is 2. The number of nitrogens with one attached hydrogen (secondary N) is 2. The molecule has 2 rings (SSSR count). The van der Waals surface area contributed by atoms with Crippen molar-refractivity contribution >= 4 is 29.9 Å². The maximum absolute atomic E-state index is 12.3. The van der Waals surface area contributed by atoms with Gasteiger partial charge in [0.1, 0.15) is 5.76 Å². The van der Waals surface area contributed by atoms with E-state index in [-0.39, 0.29) is 36.6 Å². The Hall–Kier alpha value is -0.970. The Morgan fingerprint density at radius 1 is 1.27 bits per heavy atom. The standard InChI is InChI=1S/C17H27F3N4O.HI/c1-2-21-16(22-9-8-17(18,19)20)23-13-14(15-7-6-12-25-15)24-10-4-3-5-11-24;/h6-7,12,14H,2-5,8-11,13H2,1H3,(H2,21,22,23);1H. The van der Waals surface area contributed by atoms with E-state index in [1.165, 1.54) is 6.42 Å². The molecule has 2 N–H and O–H groups in total. The lowest BCUT2D eigenvalue weighted by Gasteiger charge is -2.32. The van der Waals surface area contributed by atoms with Crippen LogP contribution in [-0.2, 0) is 0 Å². The third-order valence-corrected chi connectivity index (χ3v) is 4.17. The topological polar surface area (TPSA) is 52.8 Å². The van der Waals surface area contributed by atoms with E-state index in [1.54, 1.807) is 6.26 Å². The van der Waals surface area contributed by atoms with Gasteiger partial charge in [-0.1, -0.05) is 6.42 Å². The summed E-state index contributed by atoms with van der Waals surface area (Å²) in [5.41, 5.74) is 0. The van der Waals surface area contributed by atoms with Crippen molar-refractivity contribution in [3.8, 4) is 0 Å². The van der Waals surface area contributed by atoms with E-state index in [0.29, 0.717) is 19.0 Å². The Bertz CT molecular complexity index is 517. The largest absolute Gasteiger partial charge is 0.468 e. The third kappa shape index (κ3) is 8.15. The summed E-state index contributed by atoms with van der Waals surface area (Å²) in [5, 5.41) is 5.75. The smallest absolute Gasteiger partial charge is 0.390 e. The molecule has 1 aliphatic rings. The number of furan rings is 1. The first-order valence-corrected chi connectivity index (χ1v) is 8.86. The number of rotatable bonds is 7. The van der Waals surface area contributed by atoms with Crippen LogP contribution in [-0.4, -0.2) is 49.8 Å². The minimum absolute atomic E-state index is 0. The van der Waals surface area contributed by atoms with Crippen LogP contribution < -0.4 is 10.6 Å². The lowest BCUT2D eigenvalue weighted by atomic mass is 10.1.